The van der Waals surface area contributed by atoms with Crippen LogP contribution in [0.3, 0.4) is 0 Å². The third kappa shape index (κ3) is 5.11. The number of nitrogens with one attached hydrogen (secondary N) is 1. The minimum atomic E-state index is -0.0802. The average Bonchev–Trinajstić information content (AvgIpc) is 2.95. The summed E-state index contributed by atoms with van der Waals surface area (Å²) in [5, 5.41) is 11.5. The number of methoxy groups -OCH3 is 1. The number of amides is 1. The molecule has 1 aromatic heterocycles. The maximum atomic E-state index is 12.0. The minimum Gasteiger partial charge on any atom is -0.385 e. The van der Waals surface area contributed by atoms with Crippen LogP contribution in [0.25, 0.3) is 0 Å². The molecule has 2 rings (SSSR count). The van der Waals surface area contributed by atoms with Gasteiger partial charge in [0.15, 0.2) is 5.16 Å². The summed E-state index contributed by atoms with van der Waals surface area (Å²) in [5.41, 5.74) is 0.759. The zero-order valence-electron chi connectivity index (χ0n) is 12.2. The summed E-state index contributed by atoms with van der Waals surface area (Å²) in [5.74, 6) is 0.202. The number of hydrogen-bond donors (Lipinski definition) is 1. The van der Waals surface area contributed by atoms with Crippen molar-refractivity contribution in [2.45, 2.75) is 18.1 Å². The highest BCUT2D eigenvalue weighted by atomic mass is 79.9. The van der Waals surface area contributed by atoms with E-state index >= 15 is 0 Å². The van der Waals surface area contributed by atoms with Crippen molar-refractivity contribution in [2.24, 2.45) is 0 Å². The molecule has 1 heterocycles. The number of anilines is 1. The number of carbonyl (C=O) groups is 1. The standard InChI is InChI=1S/C14H17BrN4O2S/c1-21-8-4-7-19-10-16-18-14(19)22-9-13(20)17-12-6-3-2-5-11(12)15/h2-3,5-6,10H,4,7-9H2,1H3,(H,17,20). The smallest absolute Gasteiger partial charge is 0.234 e. The zero-order chi connectivity index (χ0) is 15.8. The summed E-state index contributed by atoms with van der Waals surface area (Å²) in [4.78, 5) is 12.0. The molecule has 0 aliphatic heterocycles. The molecule has 0 atom stereocenters. The molecule has 0 spiro atoms. The van der Waals surface area contributed by atoms with Gasteiger partial charge >= 0.3 is 0 Å². The van der Waals surface area contributed by atoms with Crippen LogP contribution in [-0.2, 0) is 16.1 Å². The highest BCUT2D eigenvalue weighted by Crippen LogP contribution is 2.22. The molecular weight excluding hydrogens is 368 g/mol. The van der Waals surface area contributed by atoms with E-state index in [1.54, 1.807) is 13.4 Å². The van der Waals surface area contributed by atoms with Gasteiger partial charge in [0.05, 0.1) is 11.4 Å². The van der Waals surface area contributed by atoms with Crippen molar-refractivity contribution in [2.75, 3.05) is 24.8 Å². The first-order chi connectivity index (χ1) is 10.7. The quantitative estimate of drug-likeness (QED) is 0.559. The third-order valence-corrected chi connectivity index (χ3v) is 4.48. The lowest BCUT2D eigenvalue weighted by Gasteiger charge is -2.08. The van der Waals surface area contributed by atoms with Crippen molar-refractivity contribution in [3.8, 4) is 0 Å². The second kappa shape index (κ2) is 8.92. The van der Waals surface area contributed by atoms with Gasteiger partial charge in [0.1, 0.15) is 6.33 Å². The molecule has 0 aliphatic carbocycles. The Hall–Kier alpha value is -1.38. The van der Waals surface area contributed by atoms with Crippen LogP contribution < -0.4 is 5.32 Å². The topological polar surface area (TPSA) is 69.0 Å². The predicted molar refractivity (Wildman–Crippen MR) is 90.0 cm³/mol. The Kier molecular flexibility index (Phi) is 6.88. The van der Waals surface area contributed by atoms with Gasteiger partial charge in [-0.1, -0.05) is 23.9 Å². The molecule has 22 heavy (non-hydrogen) atoms. The molecule has 1 amide bonds. The SMILES string of the molecule is COCCCn1cnnc1SCC(=O)Nc1ccccc1Br. The lowest BCUT2D eigenvalue weighted by Crippen LogP contribution is -2.15. The molecule has 0 radical (unpaired) electrons. The molecule has 0 saturated carbocycles. The second-order valence-electron chi connectivity index (χ2n) is 4.47. The third-order valence-electron chi connectivity index (χ3n) is 2.81. The van der Waals surface area contributed by atoms with Crippen LogP contribution in [0.4, 0.5) is 5.69 Å². The first kappa shape index (κ1) is 17.0. The van der Waals surface area contributed by atoms with Crippen LogP contribution in [0.15, 0.2) is 40.2 Å². The Morgan fingerprint density at radius 2 is 2.27 bits per heavy atom. The molecule has 118 valence electrons. The summed E-state index contributed by atoms with van der Waals surface area (Å²) >= 11 is 4.77. The molecular formula is C14H17BrN4O2S. The van der Waals surface area contributed by atoms with E-state index in [0.29, 0.717) is 6.61 Å². The number of rotatable bonds is 8. The summed E-state index contributed by atoms with van der Waals surface area (Å²) in [6, 6.07) is 7.51. The molecule has 0 bridgehead atoms. The Labute approximate surface area is 141 Å². The van der Waals surface area contributed by atoms with E-state index in [0.717, 1.165) is 28.3 Å². The van der Waals surface area contributed by atoms with Gasteiger partial charge in [-0.2, -0.15) is 0 Å². The fourth-order valence-electron chi connectivity index (χ4n) is 1.77. The summed E-state index contributed by atoms with van der Waals surface area (Å²) in [7, 11) is 1.67. The molecule has 1 N–H and O–H groups in total. The number of carbonyl (C=O) groups excluding carboxylic acids is 1. The van der Waals surface area contributed by atoms with Gasteiger partial charge in [0, 0.05) is 24.7 Å². The molecule has 6 nitrogen and oxygen atoms in total. The highest BCUT2D eigenvalue weighted by Gasteiger charge is 2.10. The zero-order valence-corrected chi connectivity index (χ0v) is 14.6. The van der Waals surface area contributed by atoms with E-state index in [1.165, 1.54) is 11.8 Å². The van der Waals surface area contributed by atoms with Crippen LogP contribution in [0.1, 0.15) is 6.42 Å². The van der Waals surface area contributed by atoms with Gasteiger partial charge < -0.3 is 14.6 Å². The number of para-hydroxylation sites is 1. The van der Waals surface area contributed by atoms with E-state index < -0.39 is 0 Å². The number of aryl methyl sites for hydroxylation is 1. The first-order valence-corrected chi connectivity index (χ1v) is 8.52. The van der Waals surface area contributed by atoms with Gasteiger partial charge in [-0.3, -0.25) is 4.79 Å². The van der Waals surface area contributed by atoms with Crippen molar-refractivity contribution in [1.82, 2.24) is 14.8 Å². The summed E-state index contributed by atoms with van der Waals surface area (Å²) in [6.45, 7) is 1.46. The fraction of sp³-hybridized carbons (Fsp3) is 0.357. The maximum absolute atomic E-state index is 12.0. The molecule has 1 aromatic carbocycles. The molecule has 0 saturated heterocycles. The van der Waals surface area contributed by atoms with E-state index in [4.69, 9.17) is 4.74 Å². The Morgan fingerprint density at radius 3 is 3.05 bits per heavy atom. The Balaban J connectivity index is 1.84. The van der Waals surface area contributed by atoms with Gasteiger partial charge in [-0.15, -0.1) is 10.2 Å². The molecule has 0 unspecified atom stereocenters. The van der Waals surface area contributed by atoms with Crippen molar-refractivity contribution >= 4 is 39.3 Å². The molecule has 0 fully saturated rings. The van der Waals surface area contributed by atoms with Crippen molar-refractivity contribution < 1.29 is 9.53 Å². The fourth-order valence-corrected chi connectivity index (χ4v) is 2.89. The van der Waals surface area contributed by atoms with Gasteiger partial charge in [0.2, 0.25) is 5.91 Å². The number of hydrogen-bond acceptors (Lipinski definition) is 5. The van der Waals surface area contributed by atoms with E-state index in [9.17, 15) is 4.79 Å². The second-order valence-corrected chi connectivity index (χ2v) is 6.27. The molecule has 8 heteroatoms. The lowest BCUT2D eigenvalue weighted by atomic mass is 10.3. The van der Waals surface area contributed by atoms with Crippen LogP contribution in [0.2, 0.25) is 0 Å². The first-order valence-electron chi connectivity index (χ1n) is 6.74. The number of ether oxygens (including phenoxy) is 1. The van der Waals surface area contributed by atoms with E-state index in [-0.39, 0.29) is 11.7 Å². The van der Waals surface area contributed by atoms with Crippen LogP contribution >= 0.6 is 27.7 Å². The number of thioether (sulfide) groups is 1. The summed E-state index contributed by atoms with van der Waals surface area (Å²) < 4.78 is 7.81. The Morgan fingerprint density at radius 1 is 1.45 bits per heavy atom. The van der Waals surface area contributed by atoms with Gasteiger partial charge in [0.25, 0.3) is 0 Å². The predicted octanol–water partition coefficient (Wildman–Crippen LogP) is 2.81. The maximum Gasteiger partial charge on any atom is 0.234 e. The number of aromatic nitrogens is 3. The van der Waals surface area contributed by atoms with Crippen molar-refractivity contribution in [1.29, 1.82) is 0 Å². The van der Waals surface area contributed by atoms with Crippen LogP contribution in [0.5, 0.6) is 0 Å². The van der Waals surface area contributed by atoms with Crippen LogP contribution in [0, 0.1) is 0 Å². The van der Waals surface area contributed by atoms with Crippen molar-refractivity contribution in [3.63, 3.8) is 0 Å². The van der Waals surface area contributed by atoms with E-state index in [2.05, 4.69) is 31.4 Å². The van der Waals surface area contributed by atoms with Crippen molar-refractivity contribution in [3.05, 3.63) is 35.1 Å². The molecule has 2 aromatic rings. The number of nitrogens with zero attached hydrogens (tertiary/aromatic N) is 3. The Bertz CT molecular complexity index is 620. The van der Waals surface area contributed by atoms with Gasteiger partial charge in [-0.05, 0) is 34.5 Å². The number of halogens is 1. The average molecular weight is 385 g/mol. The number of benzene rings is 1. The van der Waals surface area contributed by atoms with E-state index in [1.807, 2.05) is 28.8 Å². The monoisotopic (exact) mass is 384 g/mol. The largest absolute Gasteiger partial charge is 0.385 e. The summed E-state index contributed by atoms with van der Waals surface area (Å²) in [6.07, 6.45) is 2.55. The highest BCUT2D eigenvalue weighted by molar-refractivity contribution is 9.10. The normalized spacial score (nSPS) is 10.6. The molecule has 0 aliphatic rings. The van der Waals surface area contributed by atoms with Crippen LogP contribution in [-0.4, -0.2) is 40.1 Å². The van der Waals surface area contributed by atoms with Gasteiger partial charge in [-0.25, -0.2) is 0 Å². The lowest BCUT2D eigenvalue weighted by molar-refractivity contribution is -0.113. The minimum absolute atomic E-state index is 0.0802.